The van der Waals surface area contributed by atoms with Crippen molar-refractivity contribution < 1.29 is 9.84 Å². The molecule has 28 heavy (non-hydrogen) atoms. The van der Waals surface area contributed by atoms with Gasteiger partial charge in [-0.3, -0.25) is 18.8 Å². The average molecular weight is 409 g/mol. The molecule has 1 aromatic heterocycles. The third-order valence-electron chi connectivity index (χ3n) is 4.92. The molecule has 1 atom stereocenters. The maximum atomic E-state index is 12.1. The lowest BCUT2D eigenvalue weighted by Crippen LogP contribution is -2.51. The summed E-state index contributed by atoms with van der Waals surface area (Å²) in [6, 6.07) is 8.51. The fraction of sp³-hybridized carbons (Fsp3) is 0.474. The third-order valence-corrected chi connectivity index (χ3v) is 5.17. The molecular weight excluding hydrogens is 384 g/mol. The molecule has 0 bridgehead atoms. The third kappa shape index (κ3) is 4.76. The van der Waals surface area contributed by atoms with Crippen molar-refractivity contribution in [3.63, 3.8) is 0 Å². The minimum atomic E-state index is -0.615. The highest BCUT2D eigenvalue weighted by Gasteiger charge is 2.22. The van der Waals surface area contributed by atoms with Crippen LogP contribution in [0.3, 0.4) is 0 Å². The summed E-state index contributed by atoms with van der Waals surface area (Å²) in [5.41, 5.74) is -0.644. The Kier molecular flexibility index (Phi) is 6.43. The number of β-amino-alcohol motifs (C(OH)–C–C–N with tert-alkyl or cyclic N) is 1. The molecule has 0 spiro atoms. The van der Waals surface area contributed by atoms with Crippen LogP contribution in [0.4, 0.5) is 5.82 Å². The van der Waals surface area contributed by atoms with E-state index in [0.29, 0.717) is 36.2 Å². The first kappa shape index (κ1) is 20.4. The highest BCUT2D eigenvalue weighted by Crippen LogP contribution is 2.16. The molecular formula is C19H25ClN4O4. The first-order valence-electron chi connectivity index (χ1n) is 9.16. The van der Waals surface area contributed by atoms with Crippen molar-refractivity contribution in [1.82, 2.24) is 14.0 Å². The van der Waals surface area contributed by atoms with Crippen LogP contribution in [0.15, 0.2) is 39.9 Å². The summed E-state index contributed by atoms with van der Waals surface area (Å²) in [6.45, 7) is 3.49. The van der Waals surface area contributed by atoms with Crippen LogP contribution in [0.25, 0.3) is 0 Å². The standard InChI is InChI=1S/C19H25ClN4O4/c1-21-17(11-18(26)22(2)19(21)27)24-9-7-23(8-10-24)12-15(25)13-28-16-5-3-14(20)4-6-16/h3-6,11,15,25H,7-10,12-13H2,1-2H3. The molecule has 2 heterocycles. The molecule has 1 N–H and O–H groups in total. The Morgan fingerprint density at radius 2 is 1.71 bits per heavy atom. The second-order valence-electron chi connectivity index (χ2n) is 6.95. The van der Waals surface area contributed by atoms with E-state index in [9.17, 15) is 14.7 Å². The van der Waals surface area contributed by atoms with Crippen LogP contribution in [0, 0.1) is 0 Å². The van der Waals surface area contributed by atoms with Crippen LogP contribution in [-0.2, 0) is 14.1 Å². The van der Waals surface area contributed by atoms with Crippen molar-refractivity contribution in [2.45, 2.75) is 6.10 Å². The second kappa shape index (κ2) is 8.81. The van der Waals surface area contributed by atoms with Gasteiger partial charge in [0.15, 0.2) is 0 Å². The highest BCUT2D eigenvalue weighted by molar-refractivity contribution is 6.30. The molecule has 1 unspecified atom stereocenters. The Bertz CT molecular complexity index is 917. The number of halogens is 1. The number of aromatic nitrogens is 2. The zero-order chi connectivity index (χ0) is 20.3. The quantitative estimate of drug-likeness (QED) is 0.740. The van der Waals surface area contributed by atoms with E-state index in [1.165, 1.54) is 17.7 Å². The van der Waals surface area contributed by atoms with Gasteiger partial charge in [-0.15, -0.1) is 0 Å². The van der Waals surface area contributed by atoms with Crippen LogP contribution in [-0.4, -0.2) is 64.6 Å². The molecule has 3 rings (SSSR count). The molecule has 0 aliphatic carbocycles. The van der Waals surface area contributed by atoms with Gasteiger partial charge < -0.3 is 14.7 Å². The summed E-state index contributed by atoms with van der Waals surface area (Å²) in [5.74, 6) is 1.29. The van der Waals surface area contributed by atoms with Gasteiger partial charge in [-0.2, -0.15) is 0 Å². The largest absolute Gasteiger partial charge is 0.491 e. The number of aliphatic hydroxyl groups is 1. The SMILES string of the molecule is Cn1c(N2CCN(CC(O)COc3ccc(Cl)cc3)CC2)cc(=O)n(C)c1=O. The van der Waals surface area contributed by atoms with Gasteiger partial charge in [-0.05, 0) is 24.3 Å². The number of hydrogen-bond acceptors (Lipinski definition) is 6. The van der Waals surface area contributed by atoms with Crippen LogP contribution in [0.1, 0.15) is 0 Å². The Morgan fingerprint density at radius 3 is 2.36 bits per heavy atom. The minimum Gasteiger partial charge on any atom is -0.491 e. The predicted octanol–water partition coefficient (Wildman–Crippen LogP) is 0.299. The lowest BCUT2D eigenvalue weighted by atomic mass is 10.2. The lowest BCUT2D eigenvalue weighted by Gasteiger charge is -2.37. The summed E-state index contributed by atoms with van der Waals surface area (Å²) in [4.78, 5) is 28.2. The summed E-state index contributed by atoms with van der Waals surface area (Å²) in [5, 5.41) is 10.9. The summed E-state index contributed by atoms with van der Waals surface area (Å²) >= 11 is 5.84. The Morgan fingerprint density at radius 1 is 1.07 bits per heavy atom. The molecule has 9 heteroatoms. The van der Waals surface area contributed by atoms with Crippen LogP contribution >= 0.6 is 11.6 Å². The molecule has 8 nitrogen and oxygen atoms in total. The Labute approximate surface area is 168 Å². The van der Waals surface area contributed by atoms with E-state index in [1.54, 1.807) is 31.3 Å². The van der Waals surface area contributed by atoms with E-state index < -0.39 is 6.10 Å². The molecule has 1 aromatic carbocycles. The van der Waals surface area contributed by atoms with Gasteiger partial charge in [0.1, 0.15) is 24.3 Å². The number of benzene rings is 1. The van der Waals surface area contributed by atoms with Crippen molar-refractivity contribution in [3.05, 3.63) is 56.2 Å². The van der Waals surface area contributed by atoms with Crippen molar-refractivity contribution in [1.29, 1.82) is 0 Å². The second-order valence-corrected chi connectivity index (χ2v) is 7.38. The van der Waals surface area contributed by atoms with Gasteiger partial charge in [0, 0.05) is 57.9 Å². The Balaban J connectivity index is 1.51. The average Bonchev–Trinajstić information content (AvgIpc) is 2.69. The first-order valence-corrected chi connectivity index (χ1v) is 9.54. The number of piperazine rings is 1. The van der Waals surface area contributed by atoms with Gasteiger partial charge >= 0.3 is 5.69 Å². The lowest BCUT2D eigenvalue weighted by molar-refractivity contribution is 0.0662. The molecule has 0 radical (unpaired) electrons. The van der Waals surface area contributed by atoms with Crippen molar-refractivity contribution >= 4 is 17.4 Å². The number of aliphatic hydroxyl groups excluding tert-OH is 1. The molecule has 1 fully saturated rings. The number of anilines is 1. The predicted molar refractivity (Wildman–Crippen MR) is 109 cm³/mol. The van der Waals surface area contributed by atoms with E-state index in [1.807, 2.05) is 4.90 Å². The van der Waals surface area contributed by atoms with E-state index in [0.717, 1.165) is 17.7 Å². The smallest absolute Gasteiger partial charge is 0.332 e. The monoisotopic (exact) mass is 408 g/mol. The van der Waals surface area contributed by atoms with Gasteiger partial charge in [-0.25, -0.2) is 4.79 Å². The zero-order valence-electron chi connectivity index (χ0n) is 16.0. The number of hydrogen-bond donors (Lipinski definition) is 1. The molecule has 0 amide bonds. The normalized spacial score (nSPS) is 16.2. The fourth-order valence-electron chi connectivity index (χ4n) is 3.26. The molecule has 1 aliphatic rings. The maximum Gasteiger partial charge on any atom is 0.332 e. The van der Waals surface area contributed by atoms with Gasteiger partial charge in [-0.1, -0.05) is 11.6 Å². The first-order chi connectivity index (χ1) is 13.3. The van der Waals surface area contributed by atoms with Crippen LogP contribution in [0.5, 0.6) is 5.75 Å². The topological polar surface area (TPSA) is 79.9 Å². The molecule has 1 saturated heterocycles. The van der Waals surface area contributed by atoms with E-state index in [2.05, 4.69) is 4.90 Å². The zero-order valence-corrected chi connectivity index (χ0v) is 16.8. The van der Waals surface area contributed by atoms with Crippen molar-refractivity contribution in [2.75, 3.05) is 44.2 Å². The number of rotatable bonds is 6. The van der Waals surface area contributed by atoms with Crippen LogP contribution < -0.4 is 20.9 Å². The van der Waals surface area contributed by atoms with Crippen molar-refractivity contribution in [2.24, 2.45) is 14.1 Å². The summed E-state index contributed by atoms with van der Waals surface area (Å²) in [6.07, 6.45) is -0.615. The molecule has 1 aliphatic heterocycles. The summed E-state index contributed by atoms with van der Waals surface area (Å²) in [7, 11) is 3.14. The molecule has 0 saturated carbocycles. The Hall–Kier alpha value is -2.29. The van der Waals surface area contributed by atoms with E-state index in [4.69, 9.17) is 16.3 Å². The maximum absolute atomic E-state index is 12.1. The van der Waals surface area contributed by atoms with Crippen molar-refractivity contribution in [3.8, 4) is 5.75 Å². The number of ether oxygens (including phenoxy) is 1. The van der Waals surface area contributed by atoms with E-state index in [-0.39, 0.29) is 17.9 Å². The summed E-state index contributed by atoms with van der Waals surface area (Å²) < 4.78 is 8.17. The van der Waals surface area contributed by atoms with Gasteiger partial charge in [0.25, 0.3) is 5.56 Å². The van der Waals surface area contributed by atoms with Gasteiger partial charge in [0.2, 0.25) is 0 Å². The highest BCUT2D eigenvalue weighted by atomic mass is 35.5. The van der Waals surface area contributed by atoms with E-state index >= 15 is 0 Å². The molecule has 2 aromatic rings. The number of nitrogens with zero attached hydrogens (tertiary/aromatic N) is 4. The fourth-order valence-corrected chi connectivity index (χ4v) is 3.38. The molecule has 152 valence electrons. The van der Waals surface area contributed by atoms with Gasteiger partial charge in [0.05, 0.1) is 0 Å². The van der Waals surface area contributed by atoms with Crippen LogP contribution in [0.2, 0.25) is 5.02 Å². The minimum absolute atomic E-state index is 0.199.